The maximum absolute atomic E-state index is 12.2. The number of ether oxygens (including phenoxy) is 2. The van der Waals surface area contributed by atoms with Crippen LogP contribution in [0.2, 0.25) is 0 Å². The summed E-state index contributed by atoms with van der Waals surface area (Å²) in [6, 6.07) is 8.62. The number of amides is 2. The van der Waals surface area contributed by atoms with E-state index in [1.807, 2.05) is 0 Å². The summed E-state index contributed by atoms with van der Waals surface area (Å²) in [4.78, 5) is 72.2. The highest BCUT2D eigenvalue weighted by molar-refractivity contribution is 6.06. The molecule has 3 rings (SSSR count). The van der Waals surface area contributed by atoms with E-state index in [1.54, 1.807) is 0 Å². The zero-order valence-corrected chi connectivity index (χ0v) is 18.2. The van der Waals surface area contributed by atoms with E-state index in [0.29, 0.717) is 13.1 Å². The Balaban J connectivity index is 1.63. The molecule has 36 heavy (non-hydrogen) atoms. The van der Waals surface area contributed by atoms with Gasteiger partial charge in [0.25, 0.3) is 11.4 Å². The fourth-order valence-corrected chi connectivity index (χ4v) is 2.89. The largest absolute Gasteiger partial charge is 0.443 e. The summed E-state index contributed by atoms with van der Waals surface area (Å²) in [6.45, 7) is 1.13. The predicted octanol–water partition coefficient (Wildman–Crippen LogP) is 2.35. The van der Waals surface area contributed by atoms with Crippen molar-refractivity contribution in [3.05, 3.63) is 79.9 Å². The first-order valence-corrected chi connectivity index (χ1v) is 10.2. The number of rotatable bonds is 6. The fourth-order valence-electron chi connectivity index (χ4n) is 2.89. The van der Waals surface area contributed by atoms with Crippen molar-refractivity contribution < 1.29 is 38.5 Å². The number of hydrogen-bond donors (Lipinski definition) is 2. The molecule has 0 aromatic heterocycles. The molecule has 2 aromatic carbocycles. The predicted molar refractivity (Wildman–Crippen MR) is 119 cm³/mol. The monoisotopic (exact) mass is 499 g/mol. The molecule has 1 saturated heterocycles. The van der Waals surface area contributed by atoms with Crippen molar-refractivity contribution in [2.75, 3.05) is 13.1 Å². The van der Waals surface area contributed by atoms with Crippen molar-refractivity contribution >= 4 is 41.3 Å². The number of amidine groups is 1. The normalized spacial score (nSPS) is 13.2. The van der Waals surface area contributed by atoms with E-state index >= 15 is 0 Å². The van der Waals surface area contributed by atoms with Gasteiger partial charge in [-0.05, 0) is 43.3 Å². The lowest BCUT2D eigenvalue weighted by Crippen LogP contribution is -2.45. The van der Waals surface area contributed by atoms with Crippen LogP contribution in [0.15, 0.2) is 53.5 Å². The van der Waals surface area contributed by atoms with Gasteiger partial charge >= 0.3 is 24.1 Å². The molecule has 0 radical (unpaired) electrons. The molecule has 0 spiro atoms. The summed E-state index contributed by atoms with van der Waals surface area (Å²) in [6.07, 6.45) is -2.57. The Bertz CT molecular complexity index is 1240. The number of aliphatic imine (C=N–C) groups is 1. The molecule has 2 aromatic rings. The van der Waals surface area contributed by atoms with Gasteiger partial charge in [0.15, 0.2) is 0 Å². The van der Waals surface area contributed by atoms with Gasteiger partial charge < -0.3 is 14.8 Å². The van der Waals surface area contributed by atoms with Gasteiger partial charge in [0.2, 0.25) is 0 Å². The molecule has 1 aliphatic rings. The number of nitrogens with one attached hydrogen (secondary N) is 2. The molecule has 186 valence electrons. The molecule has 0 aliphatic carbocycles. The van der Waals surface area contributed by atoms with E-state index in [0.717, 1.165) is 48.5 Å². The smallest absolute Gasteiger partial charge is 0.372 e. The zero-order valence-electron chi connectivity index (χ0n) is 18.2. The van der Waals surface area contributed by atoms with Gasteiger partial charge in [-0.15, -0.1) is 0 Å². The van der Waals surface area contributed by atoms with E-state index in [1.165, 1.54) is 0 Å². The van der Waals surface area contributed by atoms with E-state index in [2.05, 4.69) is 25.1 Å². The molecule has 15 nitrogen and oxygen atoms in total. The first kappa shape index (κ1) is 25.6. The number of carbonyl (C=O) groups excluding carboxylic acids is 4. The lowest BCUT2D eigenvalue weighted by Gasteiger charge is -2.27. The number of alkyl carbamates (subject to hydrolysis) is 1. The van der Waals surface area contributed by atoms with Crippen LogP contribution in [0.1, 0.15) is 27.1 Å². The Kier molecular flexibility index (Phi) is 8.09. The maximum atomic E-state index is 12.2. The molecule has 0 bridgehead atoms. The average molecular weight is 499 g/mol. The fraction of sp³-hybridized carbons (Fsp3) is 0.190. The van der Waals surface area contributed by atoms with E-state index in [9.17, 15) is 39.4 Å². The molecule has 0 unspecified atom stereocenters. The summed E-state index contributed by atoms with van der Waals surface area (Å²) < 4.78 is 9.23. The average Bonchev–Trinajstić information content (AvgIpc) is 2.81. The van der Waals surface area contributed by atoms with Crippen LogP contribution in [0, 0.1) is 26.1 Å². The van der Waals surface area contributed by atoms with Crippen molar-refractivity contribution in [1.29, 1.82) is 0 Å². The van der Waals surface area contributed by atoms with Crippen molar-refractivity contribution in [2.45, 2.75) is 6.42 Å². The van der Waals surface area contributed by atoms with Crippen LogP contribution in [-0.4, -0.2) is 52.9 Å². The summed E-state index contributed by atoms with van der Waals surface area (Å²) in [5.41, 5.74) is -0.805. The number of carbonyl (C=O) groups is 4. The topological polar surface area (TPSA) is 209 Å². The Morgan fingerprint density at radius 3 is 1.75 bits per heavy atom. The van der Waals surface area contributed by atoms with Gasteiger partial charge in [-0.1, -0.05) is 0 Å². The van der Waals surface area contributed by atoms with Crippen LogP contribution in [0.4, 0.5) is 21.0 Å². The van der Waals surface area contributed by atoms with Crippen molar-refractivity contribution in [2.24, 2.45) is 10.9 Å². The number of esters is 2. The minimum atomic E-state index is -1.37. The van der Waals surface area contributed by atoms with Gasteiger partial charge in [0.05, 0.1) is 21.0 Å². The molecule has 15 heteroatoms. The number of non-ortho nitro benzene ring substituents is 2. The van der Waals surface area contributed by atoms with E-state index in [4.69, 9.17) is 0 Å². The highest BCUT2D eigenvalue weighted by Gasteiger charge is 2.24. The van der Waals surface area contributed by atoms with Gasteiger partial charge in [-0.2, -0.15) is 4.99 Å². The second-order valence-electron chi connectivity index (χ2n) is 7.35. The zero-order chi connectivity index (χ0) is 26.2. The maximum Gasteiger partial charge on any atom is 0.443 e. The summed E-state index contributed by atoms with van der Waals surface area (Å²) in [5, 5.41) is 26.5. The second-order valence-corrected chi connectivity index (χ2v) is 7.35. The van der Waals surface area contributed by atoms with E-state index < -0.39 is 34.0 Å². The molecule has 1 aliphatic heterocycles. The van der Waals surface area contributed by atoms with Crippen molar-refractivity contribution in [3.63, 3.8) is 0 Å². The Hall–Kier alpha value is -5.05. The highest BCUT2D eigenvalue weighted by Crippen LogP contribution is 2.15. The molecule has 0 saturated carbocycles. The third-order valence-electron chi connectivity index (χ3n) is 4.81. The molecule has 2 N–H and O–H groups in total. The molecule has 0 atom stereocenters. The first-order chi connectivity index (χ1) is 17.1. The SMILES string of the molecule is O=C(N=C(CC1CNC1)NC(=O)OC(=O)c1ccc([N+](=O)[O-])cc1)OC(=O)c1ccc([N+](=O)[O-])cc1. The van der Waals surface area contributed by atoms with Crippen LogP contribution >= 0.6 is 0 Å². The number of nitro groups is 2. The van der Waals surface area contributed by atoms with E-state index in [-0.39, 0.29) is 40.7 Å². The third kappa shape index (κ3) is 6.97. The summed E-state index contributed by atoms with van der Waals surface area (Å²) in [7, 11) is 0. The molecular formula is C21H17N5O10. The van der Waals surface area contributed by atoms with Gasteiger partial charge in [0, 0.05) is 30.7 Å². The van der Waals surface area contributed by atoms with Gasteiger partial charge in [-0.25, -0.2) is 19.2 Å². The van der Waals surface area contributed by atoms with Crippen LogP contribution < -0.4 is 10.6 Å². The first-order valence-electron chi connectivity index (χ1n) is 10.2. The minimum Gasteiger partial charge on any atom is -0.372 e. The quantitative estimate of drug-likeness (QED) is 0.147. The molecule has 1 heterocycles. The number of hydrogen-bond acceptors (Lipinski definition) is 11. The second kappa shape index (κ2) is 11.4. The third-order valence-corrected chi connectivity index (χ3v) is 4.81. The summed E-state index contributed by atoms with van der Waals surface area (Å²) >= 11 is 0. The standard InChI is InChI=1S/C21H17N5O10/c27-18(13-1-5-15(6-2-13)25(31)32)35-20(29)23-17(9-12-10-22-11-12)24-21(30)36-19(28)14-3-7-16(8-4-14)26(33)34/h1-8,12,22H,9-11H2,(H,23,24,29,30). The van der Waals surface area contributed by atoms with Gasteiger partial charge in [-0.3, -0.25) is 25.5 Å². The van der Waals surface area contributed by atoms with Crippen LogP contribution in [-0.2, 0) is 9.47 Å². The van der Waals surface area contributed by atoms with Crippen molar-refractivity contribution in [3.8, 4) is 0 Å². The van der Waals surface area contributed by atoms with Crippen LogP contribution in [0.3, 0.4) is 0 Å². The number of nitro benzene ring substituents is 2. The molecule has 2 amide bonds. The van der Waals surface area contributed by atoms with Crippen LogP contribution in [0.25, 0.3) is 0 Å². The highest BCUT2D eigenvalue weighted by atomic mass is 16.6. The van der Waals surface area contributed by atoms with Crippen molar-refractivity contribution in [1.82, 2.24) is 10.6 Å². The Morgan fingerprint density at radius 1 is 0.861 bits per heavy atom. The minimum absolute atomic E-state index is 0.00685. The van der Waals surface area contributed by atoms with Crippen LogP contribution in [0.5, 0.6) is 0 Å². The number of nitrogens with zero attached hydrogens (tertiary/aromatic N) is 3. The number of benzene rings is 2. The molecular weight excluding hydrogens is 482 g/mol. The molecule has 1 fully saturated rings. The Labute approximate surface area is 201 Å². The van der Waals surface area contributed by atoms with Gasteiger partial charge in [0.1, 0.15) is 5.84 Å². The summed E-state index contributed by atoms with van der Waals surface area (Å²) in [5.74, 6) is -2.47. The lowest BCUT2D eigenvalue weighted by atomic mass is 9.99. The lowest BCUT2D eigenvalue weighted by molar-refractivity contribution is -0.385. The Morgan fingerprint density at radius 2 is 1.33 bits per heavy atom.